The Morgan fingerprint density at radius 3 is 2.79 bits per heavy atom. The summed E-state index contributed by atoms with van der Waals surface area (Å²) in [6, 6.07) is 6.48. The third-order valence-corrected chi connectivity index (χ3v) is 3.18. The van der Waals surface area contributed by atoms with Crippen molar-refractivity contribution in [2.75, 3.05) is 6.54 Å². The molecule has 1 aliphatic rings. The molecule has 1 aliphatic heterocycles. The maximum absolute atomic E-state index is 6.11. The van der Waals surface area contributed by atoms with Crippen LogP contribution in [0.2, 0.25) is 0 Å². The Balaban J connectivity index is 2.58. The lowest BCUT2D eigenvalue weighted by Crippen LogP contribution is -2.38. The average molecular weight is 210 g/mol. The predicted octanol–water partition coefficient (Wildman–Crippen LogP) is 3.24. The smallest absolute Gasteiger partial charge is 0.0393 e. The van der Waals surface area contributed by atoms with Crippen LogP contribution >= 0.6 is 11.8 Å². The van der Waals surface area contributed by atoms with Crippen LogP contribution in [-0.2, 0) is 12.0 Å². The van der Waals surface area contributed by atoms with Crippen LogP contribution in [0.15, 0.2) is 18.2 Å². The van der Waals surface area contributed by atoms with Crippen molar-refractivity contribution >= 4 is 11.8 Å². The molecule has 0 aliphatic carbocycles. The molecule has 0 spiro atoms. The van der Waals surface area contributed by atoms with Gasteiger partial charge in [0.05, 0.1) is 0 Å². The van der Waals surface area contributed by atoms with Crippen molar-refractivity contribution in [3.63, 3.8) is 0 Å². The molecule has 0 aromatic heterocycles. The van der Waals surface area contributed by atoms with Gasteiger partial charge in [0.15, 0.2) is 0 Å². The van der Waals surface area contributed by atoms with Crippen LogP contribution in [0, 0.1) is 6.92 Å². The van der Waals surface area contributed by atoms with E-state index in [0.29, 0.717) is 0 Å². The van der Waals surface area contributed by atoms with E-state index < -0.39 is 0 Å². The number of hydrogen-bond donors (Lipinski definition) is 0. The van der Waals surface area contributed by atoms with E-state index in [1.807, 2.05) is 4.42 Å². The average Bonchev–Trinajstić information content (AvgIpc) is 2.00. The molecule has 14 heavy (non-hydrogen) atoms. The van der Waals surface area contributed by atoms with Gasteiger partial charge in [-0.3, -0.25) is 0 Å². The van der Waals surface area contributed by atoms with Crippen LogP contribution in [-0.4, -0.2) is 11.0 Å². The summed E-state index contributed by atoms with van der Waals surface area (Å²) in [4.78, 5) is 0. The number of halogens is 1. The Morgan fingerprint density at radius 2 is 2.07 bits per heavy atom. The third-order valence-electron chi connectivity index (χ3n) is 2.94. The Bertz CT molecular complexity index is 357. The minimum absolute atomic E-state index is 0.167. The minimum Gasteiger partial charge on any atom is -0.215 e. The largest absolute Gasteiger partial charge is 0.215 e. The highest BCUT2D eigenvalue weighted by Crippen LogP contribution is 2.35. The summed E-state index contributed by atoms with van der Waals surface area (Å²) in [5.41, 5.74) is 4.41. The number of nitrogens with zero attached hydrogens (tertiary/aromatic N) is 1. The first-order valence-corrected chi connectivity index (χ1v) is 5.34. The predicted molar refractivity (Wildman–Crippen MR) is 60.5 cm³/mol. The zero-order valence-electron chi connectivity index (χ0n) is 8.97. The summed E-state index contributed by atoms with van der Waals surface area (Å²) in [6.45, 7) is 8.49. The fraction of sp³-hybridized carbons (Fsp3) is 0.500. The molecule has 1 aromatic carbocycles. The number of rotatable bonds is 0. The highest BCUT2D eigenvalue weighted by molar-refractivity contribution is 6.13. The fourth-order valence-corrected chi connectivity index (χ4v) is 3.00. The molecule has 1 nitrogen and oxygen atoms in total. The molecule has 0 N–H and O–H groups in total. The van der Waals surface area contributed by atoms with Gasteiger partial charge in [-0.2, -0.15) is 0 Å². The normalized spacial score (nSPS) is 20.6. The Labute approximate surface area is 90.8 Å². The summed E-state index contributed by atoms with van der Waals surface area (Å²) in [5, 5.41) is 0. The molecule has 2 heteroatoms. The van der Waals surface area contributed by atoms with Gasteiger partial charge in [-0.1, -0.05) is 32.0 Å². The molecular weight excluding hydrogens is 194 g/mol. The van der Waals surface area contributed by atoms with Crippen molar-refractivity contribution in [2.24, 2.45) is 0 Å². The molecule has 0 saturated heterocycles. The maximum atomic E-state index is 6.11. The lowest BCUT2D eigenvalue weighted by Gasteiger charge is -2.37. The number of aryl methyl sites for hydroxylation is 1. The fourth-order valence-electron chi connectivity index (χ4n) is 2.58. The number of benzene rings is 1. The second-order valence-corrected chi connectivity index (χ2v) is 5.25. The van der Waals surface area contributed by atoms with Gasteiger partial charge in [0.25, 0.3) is 0 Å². The van der Waals surface area contributed by atoms with Crippen molar-refractivity contribution in [1.82, 2.24) is 4.42 Å². The van der Waals surface area contributed by atoms with Crippen molar-refractivity contribution in [1.29, 1.82) is 0 Å². The summed E-state index contributed by atoms with van der Waals surface area (Å²) < 4.78 is 1.88. The molecule has 0 bridgehead atoms. The van der Waals surface area contributed by atoms with Gasteiger partial charge >= 0.3 is 0 Å². The molecule has 1 aromatic rings. The Hall–Kier alpha value is -0.530. The zero-order valence-corrected chi connectivity index (χ0v) is 9.73. The highest BCUT2D eigenvalue weighted by atomic mass is 35.5. The Kier molecular flexibility index (Phi) is 2.32. The van der Waals surface area contributed by atoms with Crippen LogP contribution in [0.25, 0.3) is 0 Å². The van der Waals surface area contributed by atoms with Gasteiger partial charge in [0.1, 0.15) is 0 Å². The van der Waals surface area contributed by atoms with Crippen LogP contribution in [0.5, 0.6) is 0 Å². The first kappa shape index (κ1) is 10.0. The van der Waals surface area contributed by atoms with Gasteiger partial charge in [-0.05, 0) is 35.4 Å². The van der Waals surface area contributed by atoms with Gasteiger partial charge in [-0.15, -0.1) is 0 Å². The van der Waals surface area contributed by atoms with E-state index in [1.165, 1.54) is 16.7 Å². The van der Waals surface area contributed by atoms with Gasteiger partial charge in [-0.25, -0.2) is 4.42 Å². The van der Waals surface area contributed by atoms with Crippen LogP contribution in [0.1, 0.15) is 30.5 Å². The van der Waals surface area contributed by atoms with Crippen molar-refractivity contribution < 1.29 is 0 Å². The van der Waals surface area contributed by atoms with E-state index in [9.17, 15) is 0 Å². The zero-order chi connectivity index (χ0) is 10.3. The summed E-state index contributed by atoms with van der Waals surface area (Å²) in [6.07, 6.45) is 0. The van der Waals surface area contributed by atoms with Gasteiger partial charge < -0.3 is 0 Å². The lowest BCUT2D eigenvalue weighted by atomic mass is 9.77. The third kappa shape index (κ3) is 1.55. The van der Waals surface area contributed by atoms with E-state index in [1.54, 1.807) is 0 Å². The minimum atomic E-state index is 0.167. The molecule has 0 radical (unpaired) electrons. The van der Waals surface area contributed by atoms with E-state index in [4.69, 9.17) is 11.8 Å². The monoisotopic (exact) mass is 209 g/mol. The summed E-state index contributed by atoms with van der Waals surface area (Å²) in [7, 11) is 0. The highest BCUT2D eigenvalue weighted by Gasteiger charge is 2.31. The number of hydrogen-bond acceptors (Lipinski definition) is 1. The molecule has 0 unspecified atom stereocenters. The van der Waals surface area contributed by atoms with E-state index >= 15 is 0 Å². The molecule has 0 atom stereocenters. The van der Waals surface area contributed by atoms with Gasteiger partial charge in [0, 0.05) is 18.5 Å². The molecule has 0 amide bonds. The molecule has 0 saturated carbocycles. The quantitative estimate of drug-likeness (QED) is 0.593. The topological polar surface area (TPSA) is 3.24 Å². The lowest BCUT2D eigenvalue weighted by molar-refractivity contribution is 0.313. The molecule has 76 valence electrons. The summed E-state index contributed by atoms with van der Waals surface area (Å²) in [5.74, 6) is 0. The number of fused-ring (bicyclic) bond motifs is 1. The molecule has 0 fully saturated rings. The first-order chi connectivity index (χ1) is 6.50. The molecule has 1 heterocycles. The van der Waals surface area contributed by atoms with Crippen molar-refractivity contribution in [3.05, 3.63) is 34.9 Å². The molecule has 2 rings (SSSR count). The maximum Gasteiger partial charge on any atom is 0.0393 e. The van der Waals surface area contributed by atoms with E-state index in [0.717, 1.165) is 13.1 Å². The van der Waals surface area contributed by atoms with E-state index in [-0.39, 0.29) is 5.41 Å². The second kappa shape index (κ2) is 3.25. The SMILES string of the molecule is Cc1cccc2c1C(C)(C)CN(Cl)C2. The molecular formula is C12H16ClN. The van der Waals surface area contributed by atoms with Crippen molar-refractivity contribution in [3.8, 4) is 0 Å². The van der Waals surface area contributed by atoms with Crippen LogP contribution < -0.4 is 0 Å². The van der Waals surface area contributed by atoms with E-state index in [2.05, 4.69) is 39.0 Å². The second-order valence-electron chi connectivity index (χ2n) is 4.77. The van der Waals surface area contributed by atoms with Crippen LogP contribution in [0.3, 0.4) is 0 Å². The standard InChI is InChI=1S/C12H16ClN/c1-9-5-4-6-10-7-14(13)8-12(2,3)11(9)10/h4-6H,7-8H2,1-3H3. The summed E-state index contributed by atoms with van der Waals surface area (Å²) >= 11 is 6.11. The van der Waals surface area contributed by atoms with Crippen molar-refractivity contribution in [2.45, 2.75) is 32.7 Å². The van der Waals surface area contributed by atoms with Gasteiger partial charge in [0.2, 0.25) is 0 Å². The van der Waals surface area contributed by atoms with Crippen LogP contribution in [0.4, 0.5) is 0 Å². The first-order valence-electron chi connectivity index (χ1n) is 5.00. The Morgan fingerprint density at radius 1 is 1.36 bits per heavy atom.